The van der Waals surface area contributed by atoms with E-state index < -0.39 is 11.0 Å². The van der Waals surface area contributed by atoms with Crippen molar-refractivity contribution in [2.24, 2.45) is 0 Å². The van der Waals surface area contributed by atoms with Gasteiger partial charge in [-0.3, -0.25) is 19.9 Å². The molecule has 3 aromatic rings. The van der Waals surface area contributed by atoms with Crippen molar-refractivity contribution in [3.8, 4) is 5.75 Å². The van der Waals surface area contributed by atoms with Crippen molar-refractivity contribution >= 4 is 22.5 Å². The fourth-order valence-corrected chi connectivity index (χ4v) is 2.77. The molecular formula is C19H17N3O4. The van der Waals surface area contributed by atoms with Crippen LogP contribution in [0.2, 0.25) is 0 Å². The number of nitrogens with zero attached hydrogens (tertiary/aromatic N) is 2. The number of phenols is 1. The van der Waals surface area contributed by atoms with Gasteiger partial charge in [0, 0.05) is 35.7 Å². The molecule has 7 heteroatoms. The number of carbonyl (C=O) groups is 1. The maximum Gasteiger partial charge on any atom is 0.269 e. The van der Waals surface area contributed by atoms with Gasteiger partial charge in [-0.25, -0.2) is 0 Å². The third-order valence-electron chi connectivity index (χ3n) is 4.15. The lowest BCUT2D eigenvalue weighted by Gasteiger charge is -2.21. The summed E-state index contributed by atoms with van der Waals surface area (Å²) in [6, 6.07) is 12.4. The van der Waals surface area contributed by atoms with Gasteiger partial charge in [0.15, 0.2) is 0 Å². The molecule has 0 saturated heterocycles. The number of fused-ring (bicyclic) bond motifs is 1. The molecule has 7 nitrogen and oxygen atoms in total. The van der Waals surface area contributed by atoms with E-state index in [-0.39, 0.29) is 23.8 Å². The standard InChI is InChI=1S/C19H17N3O4/c1-2-16(23)21-17(13-5-8-14(9-6-13)22(25)26)15-10-7-12-4-3-11-20-18(12)19(15)24/h3-11,17,24H,2H2,1H3,(H,21,23)/t17-/m0/s1. The molecule has 26 heavy (non-hydrogen) atoms. The van der Waals surface area contributed by atoms with Crippen LogP contribution in [-0.2, 0) is 4.79 Å². The van der Waals surface area contributed by atoms with Gasteiger partial charge in [0.05, 0.1) is 11.0 Å². The average Bonchev–Trinajstić information content (AvgIpc) is 2.67. The van der Waals surface area contributed by atoms with Crippen LogP contribution in [-0.4, -0.2) is 20.9 Å². The number of hydrogen-bond donors (Lipinski definition) is 2. The third kappa shape index (κ3) is 3.32. The summed E-state index contributed by atoms with van der Waals surface area (Å²) in [5.74, 6) is -0.225. The molecule has 0 saturated carbocycles. The van der Waals surface area contributed by atoms with Gasteiger partial charge < -0.3 is 10.4 Å². The lowest BCUT2D eigenvalue weighted by molar-refractivity contribution is -0.384. The van der Waals surface area contributed by atoms with Crippen LogP contribution in [0.1, 0.15) is 30.5 Å². The highest BCUT2D eigenvalue weighted by Gasteiger charge is 2.22. The number of aromatic nitrogens is 1. The molecule has 132 valence electrons. The first-order chi connectivity index (χ1) is 12.5. The number of nitro groups is 1. The van der Waals surface area contributed by atoms with Crippen LogP contribution < -0.4 is 5.32 Å². The molecule has 3 rings (SSSR count). The minimum absolute atomic E-state index is 0.0251. The number of rotatable bonds is 5. The van der Waals surface area contributed by atoms with Crippen molar-refractivity contribution in [3.05, 3.63) is 76.0 Å². The maximum atomic E-state index is 12.0. The lowest BCUT2D eigenvalue weighted by atomic mass is 9.96. The van der Waals surface area contributed by atoms with Crippen LogP contribution in [0.15, 0.2) is 54.7 Å². The van der Waals surface area contributed by atoms with Crippen LogP contribution in [0.4, 0.5) is 5.69 Å². The first kappa shape index (κ1) is 17.3. The van der Waals surface area contributed by atoms with Gasteiger partial charge in [-0.2, -0.15) is 0 Å². The van der Waals surface area contributed by atoms with Crippen LogP contribution in [0.5, 0.6) is 5.75 Å². The SMILES string of the molecule is CCC(=O)N[C@@H](c1ccc([N+](=O)[O-])cc1)c1ccc2cccnc2c1O. The van der Waals surface area contributed by atoms with Crippen LogP contribution in [0, 0.1) is 10.1 Å². The van der Waals surface area contributed by atoms with E-state index in [1.54, 1.807) is 37.4 Å². The number of pyridine rings is 1. The quantitative estimate of drug-likeness (QED) is 0.541. The Bertz CT molecular complexity index is 970. The molecule has 0 aliphatic heterocycles. The van der Waals surface area contributed by atoms with E-state index in [0.717, 1.165) is 5.39 Å². The van der Waals surface area contributed by atoms with Gasteiger partial charge in [0.25, 0.3) is 5.69 Å². The second-order valence-electron chi connectivity index (χ2n) is 5.78. The van der Waals surface area contributed by atoms with Gasteiger partial charge in [0.2, 0.25) is 5.91 Å². The van der Waals surface area contributed by atoms with Crippen molar-refractivity contribution in [2.75, 3.05) is 0 Å². The fourth-order valence-electron chi connectivity index (χ4n) is 2.77. The van der Waals surface area contributed by atoms with Gasteiger partial charge in [-0.1, -0.05) is 25.1 Å². The topological polar surface area (TPSA) is 105 Å². The number of phenolic OH excluding ortho intramolecular Hbond substituents is 1. The Morgan fingerprint density at radius 1 is 1.23 bits per heavy atom. The number of carbonyl (C=O) groups excluding carboxylic acids is 1. The normalized spacial score (nSPS) is 11.9. The zero-order chi connectivity index (χ0) is 18.7. The van der Waals surface area contributed by atoms with Gasteiger partial charge in [0.1, 0.15) is 11.3 Å². The average molecular weight is 351 g/mol. The number of non-ortho nitro benzene ring substituents is 1. The van der Waals surface area contributed by atoms with Gasteiger partial charge in [-0.15, -0.1) is 0 Å². The zero-order valence-electron chi connectivity index (χ0n) is 14.0. The first-order valence-electron chi connectivity index (χ1n) is 8.11. The summed E-state index contributed by atoms with van der Waals surface area (Å²) in [6.45, 7) is 1.73. The van der Waals surface area contributed by atoms with Crippen LogP contribution >= 0.6 is 0 Å². The number of benzene rings is 2. The van der Waals surface area contributed by atoms with E-state index in [4.69, 9.17) is 0 Å². The van der Waals surface area contributed by atoms with Crippen molar-refractivity contribution in [1.82, 2.24) is 10.3 Å². The summed E-state index contributed by atoms with van der Waals surface area (Å²) in [6.07, 6.45) is 1.85. The minimum atomic E-state index is -0.644. The van der Waals surface area contributed by atoms with E-state index in [2.05, 4.69) is 10.3 Å². The Labute approximate surface area is 149 Å². The molecule has 0 aliphatic rings. The lowest BCUT2D eigenvalue weighted by Crippen LogP contribution is -2.28. The maximum absolute atomic E-state index is 12.0. The smallest absolute Gasteiger partial charge is 0.269 e. The molecule has 0 aliphatic carbocycles. The largest absolute Gasteiger partial charge is 0.505 e. The monoisotopic (exact) mass is 351 g/mol. The molecule has 0 fully saturated rings. The molecule has 0 bridgehead atoms. The highest BCUT2D eigenvalue weighted by atomic mass is 16.6. The number of nitro benzene ring substituents is 1. The van der Waals surface area contributed by atoms with E-state index in [9.17, 15) is 20.0 Å². The van der Waals surface area contributed by atoms with E-state index in [1.807, 2.05) is 12.1 Å². The summed E-state index contributed by atoms with van der Waals surface area (Å²) in [4.78, 5) is 26.6. The van der Waals surface area contributed by atoms with Gasteiger partial charge in [-0.05, 0) is 23.8 Å². The summed E-state index contributed by atoms with van der Waals surface area (Å²) in [7, 11) is 0. The second-order valence-corrected chi connectivity index (χ2v) is 5.78. The first-order valence-corrected chi connectivity index (χ1v) is 8.11. The van der Waals surface area contributed by atoms with Gasteiger partial charge >= 0.3 is 0 Å². The predicted molar refractivity (Wildman–Crippen MR) is 96.8 cm³/mol. The van der Waals surface area contributed by atoms with Crippen LogP contribution in [0.25, 0.3) is 10.9 Å². The third-order valence-corrected chi connectivity index (χ3v) is 4.15. The van der Waals surface area contributed by atoms with E-state index >= 15 is 0 Å². The van der Waals surface area contributed by atoms with E-state index in [0.29, 0.717) is 16.6 Å². The Morgan fingerprint density at radius 3 is 2.62 bits per heavy atom. The Balaban J connectivity index is 2.10. The molecular weight excluding hydrogens is 334 g/mol. The Hall–Kier alpha value is -3.48. The molecule has 2 aromatic carbocycles. The fraction of sp³-hybridized carbons (Fsp3) is 0.158. The molecule has 0 unspecified atom stereocenters. The minimum Gasteiger partial charge on any atom is -0.505 e. The number of amides is 1. The highest BCUT2D eigenvalue weighted by molar-refractivity contribution is 5.86. The summed E-state index contributed by atoms with van der Waals surface area (Å²) in [5, 5.41) is 25.2. The summed E-state index contributed by atoms with van der Waals surface area (Å²) in [5.41, 5.74) is 1.50. The molecule has 1 heterocycles. The van der Waals surface area contributed by atoms with Crippen molar-refractivity contribution < 1.29 is 14.8 Å². The Morgan fingerprint density at radius 2 is 1.96 bits per heavy atom. The van der Waals surface area contributed by atoms with Crippen molar-refractivity contribution in [3.63, 3.8) is 0 Å². The molecule has 0 spiro atoms. The van der Waals surface area contributed by atoms with Crippen molar-refractivity contribution in [2.45, 2.75) is 19.4 Å². The molecule has 1 amide bonds. The summed E-state index contributed by atoms with van der Waals surface area (Å²) < 4.78 is 0. The molecule has 1 aromatic heterocycles. The second kappa shape index (κ2) is 7.18. The Kier molecular flexibility index (Phi) is 4.79. The number of hydrogen-bond acceptors (Lipinski definition) is 5. The molecule has 2 N–H and O–H groups in total. The van der Waals surface area contributed by atoms with Crippen LogP contribution in [0.3, 0.4) is 0 Å². The van der Waals surface area contributed by atoms with Crippen molar-refractivity contribution in [1.29, 1.82) is 0 Å². The predicted octanol–water partition coefficient (Wildman–Crippen LogP) is 3.46. The van der Waals surface area contributed by atoms with E-state index in [1.165, 1.54) is 12.1 Å². The molecule has 1 atom stereocenters. The highest BCUT2D eigenvalue weighted by Crippen LogP contribution is 2.34. The zero-order valence-corrected chi connectivity index (χ0v) is 14.0. The molecule has 0 radical (unpaired) electrons. The number of nitrogens with one attached hydrogen (secondary N) is 1. The number of aromatic hydroxyl groups is 1. The summed E-state index contributed by atoms with van der Waals surface area (Å²) >= 11 is 0.